The van der Waals surface area contributed by atoms with Gasteiger partial charge in [-0.1, -0.05) is 18.2 Å². The van der Waals surface area contributed by atoms with Crippen molar-refractivity contribution in [2.45, 2.75) is 4.21 Å². The zero-order valence-corrected chi connectivity index (χ0v) is 17.0. The number of nitrogens with zero attached hydrogens (tertiary/aromatic N) is 5. The topological polar surface area (TPSA) is 92.5 Å². The van der Waals surface area contributed by atoms with Crippen LogP contribution in [0, 0.1) is 5.82 Å². The summed E-state index contributed by atoms with van der Waals surface area (Å²) in [5.41, 5.74) is 0.776. The predicted molar refractivity (Wildman–Crippen MR) is 109 cm³/mol. The highest BCUT2D eigenvalue weighted by molar-refractivity contribution is 7.91. The first-order chi connectivity index (χ1) is 14.0. The lowest BCUT2D eigenvalue weighted by atomic mass is 10.2. The second-order valence-electron chi connectivity index (χ2n) is 6.18. The van der Waals surface area contributed by atoms with E-state index in [-0.39, 0.29) is 6.54 Å². The van der Waals surface area contributed by atoms with Crippen molar-refractivity contribution in [2.24, 2.45) is 0 Å². The van der Waals surface area contributed by atoms with Gasteiger partial charge in [0, 0.05) is 20.1 Å². The van der Waals surface area contributed by atoms with Crippen molar-refractivity contribution in [1.82, 2.24) is 24.1 Å². The minimum absolute atomic E-state index is 0.252. The van der Waals surface area contributed by atoms with Crippen molar-refractivity contribution < 1.29 is 12.8 Å². The number of anilines is 1. The molecule has 4 rings (SSSR count). The molecular weight excluding hydrogens is 415 g/mol. The van der Waals surface area contributed by atoms with Crippen molar-refractivity contribution in [3.05, 3.63) is 59.7 Å². The molecule has 8 nitrogen and oxygen atoms in total. The zero-order chi connectivity index (χ0) is 20.4. The molecule has 0 unspecified atom stereocenters. The Labute approximate surface area is 170 Å². The van der Waals surface area contributed by atoms with E-state index in [2.05, 4.69) is 20.6 Å². The van der Waals surface area contributed by atoms with Gasteiger partial charge in [-0.25, -0.2) is 12.8 Å². The number of hydrogen-bond donors (Lipinski definition) is 1. The highest BCUT2D eigenvalue weighted by Gasteiger charge is 2.21. The number of likely N-dealkylation sites (N-methyl/N-ethyl adjacent to an activating group) is 1. The molecule has 150 valence electrons. The quantitative estimate of drug-likeness (QED) is 0.483. The van der Waals surface area contributed by atoms with Crippen LogP contribution in [-0.2, 0) is 10.0 Å². The minimum atomic E-state index is -3.50. The van der Waals surface area contributed by atoms with Crippen LogP contribution in [0.2, 0.25) is 0 Å². The molecule has 0 atom stereocenters. The van der Waals surface area contributed by atoms with Crippen molar-refractivity contribution in [2.75, 3.05) is 25.5 Å². The Morgan fingerprint density at radius 1 is 1.14 bits per heavy atom. The number of rotatable bonds is 7. The molecule has 0 spiro atoms. The number of aromatic nitrogens is 4. The Hall–Kier alpha value is -2.89. The summed E-state index contributed by atoms with van der Waals surface area (Å²) in [6.45, 7) is 0.596. The van der Waals surface area contributed by atoms with Gasteiger partial charge in [0.05, 0.1) is 5.56 Å². The highest BCUT2D eigenvalue weighted by atomic mass is 32.2. The Morgan fingerprint density at radius 3 is 2.72 bits per heavy atom. The summed E-state index contributed by atoms with van der Waals surface area (Å²) in [5, 5.41) is 17.3. The zero-order valence-electron chi connectivity index (χ0n) is 15.4. The van der Waals surface area contributed by atoms with E-state index < -0.39 is 15.8 Å². The molecule has 1 aromatic carbocycles. The Balaban J connectivity index is 1.49. The van der Waals surface area contributed by atoms with Crippen LogP contribution in [-0.4, -0.2) is 52.7 Å². The fourth-order valence-corrected chi connectivity index (χ4v) is 5.09. The maximum absolute atomic E-state index is 14.1. The van der Waals surface area contributed by atoms with Crippen LogP contribution in [0.25, 0.3) is 17.0 Å². The van der Waals surface area contributed by atoms with E-state index in [9.17, 15) is 12.8 Å². The normalized spacial score (nSPS) is 12.0. The lowest BCUT2D eigenvalue weighted by molar-refractivity contribution is 0.482. The molecule has 0 aliphatic carbocycles. The van der Waals surface area contributed by atoms with Gasteiger partial charge >= 0.3 is 0 Å². The van der Waals surface area contributed by atoms with Gasteiger partial charge in [-0.05, 0) is 35.7 Å². The van der Waals surface area contributed by atoms with Crippen molar-refractivity contribution >= 4 is 32.8 Å². The van der Waals surface area contributed by atoms with E-state index in [4.69, 9.17) is 0 Å². The summed E-state index contributed by atoms with van der Waals surface area (Å²) in [7, 11) is -1.97. The standard InChI is InChI=1S/C18H17FN6O2S2/c1-24(29(26,27)17-7-4-12-28-17)11-10-20-15-8-9-16-21-22-18(25(16)23-15)13-5-2-3-6-14(13)19/h2-9,12H,10-11H2,1H3,(H,20,23). The molecule has 0 fully saturated rings. The van der Waals surface area contributed by atoms with E-state index in [0.29, 0.717) is 33.6 Å². The summed E-state index contributed by atoms with van der Waals surface area (Å²) in [5.74, 6) is 0.373. The molecular formula is C18H17FN6O2S2. The van der Waals surface area contributed by atoms with Gasteiger partial charge in [-0.15, -0.1) is 26.6 Å². The number of nitrogens with one attached hydrogen (secondary N) is 1. The molecule has 11 heteroatoms. The van der Waals surface area contributed by atoms with Gasteiger partial charge in [0.25, 0.3) is 10.0 Å². The monoisotopic (exact) mass is 432 g/mol. The first-order valence-electron chi connectivity index (χ1n) is 8.68. The van der Waals surface area contributed by atoms with Crippen LogP contribution in [0.4, 0.5) is 10.2 Å². The summed E-state index contributed by atoms with van der Waals surface area (Å²) in [4.78, 5) is 0. The van der Waals surface area contributed by atoms with Crippen LogP contribution < -0.4 is 5.32 Å². The molecule has 4 aromatic rings. The molecule has 0 radical (unpaired) electrons. The van der Waals surface area contributed by atoms with Gasteiger partial charge in [-0.3, -0.25) is 0 Å². The molecule has 0 bridgehead atoms. The van der Waals surface area contributed by atoms with Crippen LogP contribution in [0.15, 0.2) is 58.1 Å². The first-order valence-corrected chi connectivity index (χ1v) is 11.0. The molecule has 0 saturated carbocycles. The van der Waals surface area contributed by atoms with Crippen LogP contribution in [0.5, 0.6) is 0 Å². The third-order valence-electron chi connectivity index (χ3n) is 4.27. The Morgan fingerprint density at radius 2 is 1.97 bits per heavy atom. The molecule has 3 heterocycles. The summed E-state index contributed by atoms with van der Waals surface area (Å²) in [6, 6.07) is 13.0. The fraction of sp³-hybridized carbons (Fsp3) is 0.167. The van der Waals surface area contributed by atoms with Gasteiger partial charge in [-0.2, -0.15) is 8.82 Å². The molecule has 0 amide bonds. The Kier molecular flexibility index (Phi) is 5.26. The van der Waals surface area contributed by atoms with E-state index in [0.717, 1.165) is 0 Å². The maximum Gasteiger partial charge on any atom is 0.252 e. The highest BCUT2D eigenvalue weighted by Crippen LogP contribution is 2.22. The smallest absolute Gasteiger partial charge is 0.252 e. The molecule has 29 heavy (non-hydrogen) atoms. The van der Waals surface area contributed by atoms with Gasteiger partial charge in [0.2, 0.25) is 0 Å². The SMILES string of the molecule is CN(CCNc1ccc2nnc(-c3ccccc3F)n2n1)S(=O)(=O)c1cccs1. The Bertz CT molecular complexity index is 1240. The minimum Gasteiger partial charge on any atom is -0.367 e. The number of halogens is 1. The van der Waals surface area contributed by atoms with Crippen molar-refractivity contribution in [1.29, 1.82) is 0 Å². The average molecular weight is 433 g/mol. The third kappa shape index (κ3) is 3.84. The van der Waals surface area contributed by atoms with E-state index >= 15 is 0 Å². The second kappa shape index (κ2) is 7.85. The van der Waals surface area contributed by atoms with Crippen LogP contribution >= 0.6 is 11.3 Å². The third-order valence-corrected chi connectivity index (χ3v) is 7.50. The van der Waals surface area contributed by atoms with Crippen LogP contribution in [0.1, 0.15) is 0 Å². The number of sulfonamides is 1. The fourth-order valence-electron chi connectivity index (χ4n) is 2.72. The molecule has 0 aliphatic rings. The van der Waals surface area contributed by atoms with E-state index in [1.54, 1.807) is 47.8 Å². The number of hydrogen-bond acceptors (Lipinski definition) is 7. The predicted octanol–water partition coefficient (Wildman–Crippen LogP) is 2.72. The van der Waals surface area contributed by atoms with Crippen molar-refractivity contribution in [3.8, 4) is 11.4 Å². The number of fused-ring (bicyclic) bond motifs is 1. The summed E-state index contributed by atoms with van der Waals surface area (Å²) in [6.07, 6.45) is 0. The molecule has 1 N–H and O–H groups in total. The lowest BCUT2D eigenvalue weighted by Crippen LogP contribution is -2.31. The largest absolute Gasteiger partial charge is 0.367 e. The average Bonchev–Trinajstić information content (AvgIpc) is 3.38. The molecule has 3 aromatic heterocycles. The van der Waals surface area contributed by atoms with Crippen molar-refractivity contribution in [3.63, 3.8) is 0 Å². The van der Waals surface area contributed by atoms with E-state index in [1.807, 2.05) is 0 Å². The lowest BCUT2D eigenvalue weighted by Gasteiger charge is -2.16. The van der Waals surface area contributed by atoms with E-state index in [1.165, 1.54) is 33.3 Å². The van der Waals surface area contributed by atoms with Gasteiger partial charge in [0.1, 0.15) is 15.8 Å². The maximum atomic E-state index is 14.1. The van der Waals surface area contributed by atoms with Gasteiger partial charge < -0.3 is 5.32 Å². The van der Waals surface area contributed by atoms with Gasteiger partial charge in [0.15, 0.2) is 11.5 Å². The van der Waals surface area contributed by atoms with Crippen LogP contribution in [0.3, 0.4) is 0 Å². The number of thiophene rings is 1. The summed E-state index contributed by atoms with van der Waals surface area (Å²) >= 11 is 1.18. The summed E-state index contributed by atoms with van der Waals surface area (Å²) < 4.78 is 42.0. The molecule has 0 saturated heterocycles. The number of benzene rings is 1. The second-order valence-corrected chi connectivity index (χ2v) is 9.40. The first kappa shape index (κ1) is 19.4. The molecule has 0 aliphatic heterocycles.